The van der Waals surface area contributed by atoms with Gasteiger partial charge in [-0.15, -0.1) is 0 Å². The maximum Gasteiger partial charge on any atom is 0.136 e. The summed E-state index contributed by atoms with van der Waals surface area (Å²) in [5.74, 6) is 0. The third-order valence-electron chi connectivity index (χ3n) is 2.76. The largest absolute Gasteiger partial charge is 0.462 e. The molecule has 0 unspecified atom stereocenters. The van der Waals surface area contributed by atoms with Crippen molar-refractivity contribution in [3.8, 4) is 0 Å². The average molecular weight is 303 g/mol. The van der Waals surface area contributed by atoms with Gasteiger partial charge in [-0.05, 0) is 30.3 Å². The van der Waals surface area contributed by atoms with E-state index in [1.807, 2.05) is 42.5 Å². The van der Waals surface area contributed by atoms with E-state index < -0.39 is 0 Å². The van der Waals surface area contributed by atoms with E-state index in [0.29, 0.717) is 5.69 Å². The Morgan fingerprint density at radius 1 is 1.06 bits per heavy atom. The van der Waals surface area contributed by atoms with Crippen molar-refractivity contribution in [3.63, 3.8) is 0 Å². The first-order valence-electron chi connectivity index (χ1n) is 5.52. The normalized spacial score (nSPS) is 10.7. The highest BCUT2D eigenvalue weighted by Crippen LogP contribution is 2.31. The van der Waals surface area contributed by atoms with Gasteiger partial charge in [0.2, 0.25) is 0 Å². The number of anilines is 3. The van der Waals surface area contributed by atoms with Gasteiger partial charge in [0.1, 0.15) is 11.8 Å². The van der Waals surface area contributed by atoms with Crippen LogP contribution < -0.4 is 11.1 Å². The van der Waals surface area contributed by atoms with Crippen LogP contribution in [0.5, 0.6) is 0 Å². The van der Waals surface area contributed by atoms with Gasteiger partial charge in [0.15, 0.2) is 0 Å². The zero-order valence-corrected chi connectivity index (χ0v) is 11.1. The van der Waals surface area contributed by atoms with Gasteiger partial charge in [-0.2, -0.15) is 0 Å². The van der Waals surface area contributed by atoms with Crippen molar-refractivity contribution in [1.29, 1.82) is 0 Å². The van der Waals surface area contributed by atoms with Crippen LogP contribution in [0.3, 0.4) is 0 Å². The van der Waals surface area contributed by atoms with Crippen LogP contribution in [-0.4, -0.2) is 0 Å². The molecular formula is C14H11BrN2O. The Bertz CT molecular complexity index is 706. The molecule has 3 rings (SSSR count). The number of hydrogen-bond acceptors (Lipinski definition) is 3. The second kappa shape index (κ2) is 4.38. The van der Waals surface area contributed by atoms with Crippen molar-refractivity contribution < 1.29 is 4.42 Å². The zero-order chi connectivity index (χ0) is 12.5. The van der Waals surface area contributed by atoms with E-state index in [1.165, 1.54) is 0 Å². The smallest absolute Gasteiger partial charge is 0.136 e. The fourth-order valence-electron chi connectivity index (χ4n) is 1.87. The summed E-state index contributed by atoms with van der Waals surface area (Å²) in [7, 11) is 0. The average Bonchev–Trinajstić information content (AvgIpc) is 2.76. The Morgan fingerprint density at radius 3 is 2.72 bits per heavy atom. The summed E-state index contributed by atoms with van der Waals surface area (Å²) in [6, 6.07) is 13.6. The van der Waals surface area contributed by atoms with Gasteiger partial charge in [0.05, 0.1) is 17.1 Å². The van der Waals surface area contributed by atoms with E-state index in [1.54, 1.807) is 6.26 Å². The van der Waals surface area contributed by atoms with E-state index in [4.69, 9.17) is 10.2 Å². The van der Waals surface area contributed by atoms with Crippen molar-refractivity contribution in [2.75, 3.05) is 11.1 Å². The molecule has 0 fully saturated rings. The van der Waals surface area contributed by atoms with Crippen molar-refractivity contribution in [2.24, 2.45) is 0 Å². The molecule has 4 heteroatoms. The quantitative estimate of drug-likeness (QED) is 0.684. The van der Waals surface area contributed by atoms with Gasteiger partial charge in [-0.1, -0.05) is 28.1 Å². The second-order valence-corrected chi connectivity index (χ2v) is 4.92. The lowest BCUT2D eigenvalue weighted by molar-refractivity contribution is 0.617. The highest BCUT2D eigenvalue weighted by Gasteiger charge is 2.06. The first-order valence-corrected chi connectivity index (χ1v) is 6.31. The first-order chi connectivity index (χ1) is 8.74. The van der Waals surface area contributed by atoms with Crippen LogP contribution in [0.15, 0.2) is 57.6 Å². The fraction of sp³-hybridized carbons (Fsp3) is 0. The molecule has 0 saturated heterocycles. The van der Waals surface area contributed by atoms with E-state index in [9.17, 15) is 0 Å². The van der Waals surface area contributed by atoms with Gasteiger partial charge < -0.3 is 15.5 Å². The molecule has 0 amide bonds. The third-order valence-corrected chi connectivity index (χ3v) is 3.26. The summed E-state index contributed by atoms with van der Waals surface area (Å²) in [6.45, 7) is 0. The van der Waals surface area contributed by atoms with Gasteiger partial charge >= 0.3 is 0 Å². The number of fused-ring (bicyclic) bond motifs is 1. The molecule has 1 heterocycles. The lowest BCUT2D eigenvalue weighted by Crippen LogP contribution is -1.95. The Balaban J connectivity index is 2.01. The third kappa shape index (κ3) is 1.95. The number of nitrogens with two attached hydrogens (primary N) is 1. The molecule has 0 spiro atoms. The lowest BCUT2D eigenvalue weighted by Gasteiger charge is -2.07. The van der Waals surface area contributed by atoms with Crippen LogP contribution in [0.4, 0.5) is 17.1 Å². The highest BCUT2D eigenvalue weighted by molar-refractivity contribution is 9.10. The Morgan fingerprint density at radius 2 is 1.89 bits per heavy atom. The molecule has 0 atom stereocenters. The molecule has 0 saturated carbocycles. The van der Waals surface area contributed by atoms with Crippen LogP contribution in [0.1, 0.15) is 0 Å². The van der Waals surface area contributed by atoms with E-state index in [0.717, 1.165) is 26.8 Å². The number of furan rings is 1. The van der Waals surface area contributed by atoms with Gasteiger partial charge in [0, 0.05) is 9.86 Å². The highest BCUT2D eigenvalue weighted by atomic mass is 79.9. The molecule has 0 radical (unpaired) electrons. The van der Waals surface area contributed by atoms with Gasteiger partial charge in [-0.25, -0.2) is 0 Å². The van der Waals surface area contributed by atoms with Crippen molar-refractivity contribution in [2.45, 2.75) is 0 Å². The molecule has 0 bridgehead atoms. The molecule has 3 aromatic rings. The summed E-state index contributed by atoms with van der Waals surface area (Å²) >= 11 is 3.39. The van der Waals surface area contributed by atoms with E-state index in [2.05, 4.69) is 21.2 Å². The van der Waals surface area contributed by atoms with E-state index in [-0.39, 0.29) is 0 Å². The number of halogens is 1. The van der Waals surface area contributed by atoms with Crippen LogP contribution >= 0.6 is 15.9 Å². The molecule has 2 aromatic carbocycles. The molecule has 3 N–H and O–H groups in total. The van der Waals surface area contributed by atoms with Crippen molar-refractivity contribution in [3.05, 3.63) is 53.2 Å². The SMILES string of the molecule is Nc1cc(Br)ccc1Nc1coc2ccccc12. The minimum Gasteiger partial charge on any atom is -0.462 e. The van der Waals surface area contributed by atoms with Crippen LogP contribution in [0, 0.1) is 0 Å². The molecule has 0 aliphatic rings. The number of nitrogens with one attached hydrogen (secondary N) is 1. The van der Waals surface area contributed by atoms with E-state index >= 15 is 0 Å². The lowest BCUT2D eigenvalue weighted by atomic mass is 10.2. The number of hydrogen-bond donors (Lipinski definition) is 2. The first kappa shape index (κ1) is 11.2. The minimum atomic E-state index is 0.689. The Kier molecular flexibility index (Phi) is 2.72. The van der Waals surface area contributed by atoms with Crippen LogP contribution in [0.25, 0.3) is 11.0 Å². The monoisotopic (exact) mass is 302 g/mol. The number of rotatable bonds is 2. The molecule has 1 aromatic heterocycles. The van der Waals surface area contributed by atoms with Crippen molar-refractivity contribution >= 4 is 44.0 Å². The molecular weight excluding hydrogens is 292 g/mol. The maximum atomic E-state index is 5.96. The topological polar surface area (TPSA) is 51.2 Å². The molecule has 18 heavy (non-hydrogen) atoms. The number of nitrogen functional groups attached to an aromatic ring is 1. The molecule has 0 aliphatic carbocycles. The molecule has 3 nitrogen and oxygen atoms in total. The van der Waals surface area contributed by atoms with Gasteiger partial charge in [0.25, 0.3) is 0 Å². The second-order valence-electron chi connectivity index (χ2n) is 4.00. The van der Waals surface area contributed by atoms with Gasteiger partial charge in [-0.3, -0.25) is 0 Å². The Hall–Kier alpha value is -1.94. The molecule has 90 valence electrons. The van der Waals surface area contributed by atoms with Crippen LogP contribution in [0.2, 0.25) is 0 Å². The predicted octanol–water partition coefficient (Wildman–Crippen LogP) is 4.52. The maximum absolute atomic E-state index is 5.96. The summed E-state index contributed by atoms with van der Waals surface area (Å²) in [5.41, 5.74) is 9.29. The summed E-state index contributed by atoms with van der Waals surface area (Å²) < 4.78 is 6.43. The van der Waals surface area contributed by atoms with Crippen molar-refractivity contribution in [1.82, 2.24) is 0 Å². The molecule has 0 aliphatic heterocycles. The van der Waals surface area contributed by atoms with Crippen LogP contribution in [-0.2, 0) is 0 Å². The summed E-state index contributed by atoms with van der Waals surface area (Å²) in [6.07, 6.45) is 1.70. The summed E-state index contributed by atoms with van der Waals surface area (Å²) in [4.78, 5) is 0. The summed E-state index contributed by atoms with van der Waals surface area (Å²) in [5, 5.41) is 4.32. The Labute approximate surface area is 113 Å². The predicted molar refractivity (Wildman–Crippen MR) is 78.1 cm³/mol. The standard InChI is InChI=1S/C14H11BrN2O/c15-9-5-6-12(11(16)7-9)17-13-8-18-14-4-2-1-3-10(13)14/h1-8,17H,16H2. The number of para-hydroxylation sites is 1. The fourth-order valence-corrected chi connectivity index (χ4v) is 2.25. The zero-order valence-electron chi connectivity index (χ0n) is 9.48. The minimum absolute atomic E-state index is 0.689. The number of benzene rings is 2.